The van der Waals surface area contributed by atoms with Gasteiger partial charge in [0.15, 0.2) is 0 Å². The Morgan fingerprint density at radius 3 is 2.70 bits per heavy atom. The van der Waals surface area contributed by atoms with Crippen molar-refractivity contribution >= 4 is 0 Å². The van der Waals surface area contributed by atoms with Crippen LogP contribution in [0.3, 0.4) is 0 Å². The molecule has 1 aliphatic rings. The SMILES string of the molecule is Cc1nc2c(c(OCCCC(F)(F)F)n1)CCNCC2. The van der Waals surface area contributed by atoms with Crippen LogP contribution >= 0.6 is 0 Å². The van der Waals surface area contributed by atoms with Gasteiger partial charge in [-0.25, -0.2) is 4.98 Å². The highest BCUT2D eigenvalue weighted by Gasteiger charge is 2.26. The first-order valence-corrected chi connectivity index (χ1v) is 6.72. The number of hydrogen-bond acceptors (Lipinski definition) is 4. The van der Waals surface area contributed by atoms with Crippen molar-refractivity contribution in [2.45, 2.75) is 38.8 Å². The van der Waals surface area contributed by atoms with Gasteiger partial charge in [-0.15, -0.1) is 0 Å². The summed E-state index contributed by atoms with van der Waals surface area (Å²) in [6, 6.07) is 0. The lowest BCUT2D eigenvalue weighted by atomic mass is 10.1. The molecule has 0 amide bonds. The molecule has 0 spiro atoms. The molecule has 2 heterocycles. The quantitative estimate of drug-likeness (QED) is 0.863. The predicted octanol–water partition coefficient (Wildman–Crippen LogP) is 2.19. The van der Waals surface area contributed by atoms with Crippen LogP contribution in [0.1, 0.15) is 29.9 Å². The number of halogens is 3. The monoisotopic (exact) mass is 289 g/mol. The van der Waals surface area contributed by atoms with Crippen LogP contribution in [0.2, 0.25) is 0 Å². The molecular weight excluding hydrogens is 271 g/mol. The van der Waals surface area contributed by atoms with E-state index in [0.717, 1.165) is 37.2 Å². The van der Waals surface area contributed by atoms with Gasteiger partial charge in [-0.05, 0) is 26.3 Å². The summed E-state index contributed by atoms with van der Waals surface area (Å²) in [6.07, 6.45) is -3.49. The molecule has 0 saturated heterocycles. The summed E-state index contributed by atoms with van der Waals surface area (Å²) in [5.41, 5.74) is 1.86. The fourth-order valence-electron chi connectivity index (χ4n) is 2.19. The molecule has 4 nitrogen and oxygen atoms in total. The maximum atomic E-state index is 12.1. The number of ether oxygens (including phenoxy) is 1. The van der Waals surface area contributed by atoms with Crippen molar-refractivity contribution in [1.29, 1.82) is 0 Å². The lowest BCUT2D eigenvalue weighted by molar-refractivity contribution is -0.136. The molecule has 1 aromatic heterocycles. The Bertz CT molecular complexity index is 463. The van der Waals surface area contributed by atoms with E-state index in [1.54, 1.807) is 6.92 Å². The molecule has 0 saturated carbocycles. The first kappa shape index (κ1) is 15.0. The van der Waals surface area contributed by atoms with Crippen LogP contribution in [-0.2, 0) is 12.8 Å². The van der Waals surface area contributed by atoms with E-state index >= 15 is 0 Å². The number of fused-ring (bicyclic) bond motifs is 1. The molecule has 0 unspecified atom stereocenters. The van der Waals surface area contributed by atoms with Crippen LogP contribution in [-0.4, -0.2) is 35.8 Å². The standard InChI is InChI=1S/C13H18F3N3O/c1-9-18-11-4-7-17-6-3-10(11)12(19-9)20-8-2-5-13(14,15)16/h17H,2-8H2,1H3. The molecule has 0 bridgehead atoms. The van der Waals surface area contributed by atoms with E-state index in [-0.39, 0.29) is 13.0 Å². The van der Waals surface area contributed by atoms with Crippen molar-refractivity contribution in [2.75, 3.05) is 19.7 Å². The Kier molecular flexibility index (Phi) is 4.80. The van der Waals surface area contributed by atoms with Gasteiger partial charge >= 0.3 is 6.18 Å². The normalized spacial score (nSPS) is 15.6. The van der Waals surface area contributed by atoms with Gasteiger partial charge in [-0.2, -0.15) is 18.2 Å². The molecule has 0 aromatic carbocycles. The largest absolute Gasteiger partial charge is 0.477 e. The van der Waals surface area contributed by atoms with Gasteiger partial charge in [-0.1, -0.05) is 0 Å². The zero-order valence-electron chi connectivity index (χ0n) is 11.4. The molecule has 0 fully saturated rings. The zero-order valence-corrected chi connectivity index (χ0v) is 11.4. The molecular formula is C13H18F3N3O. The molecule has 1 aliphatic heterocycles. The van der Waals surface area contributed by atoms with Crippen molar-refractivity contribution in [3.05, 3.63) is 17.1 Å². The topological polar surface area (TPSA) is 47.0 Å². The number of aryl methyl sites for hydroxylation is 1. The van der Waals surface area contributed by atoms with Gasteiger partial charge in [0.2, 0.25) is 5.88 Å². The van der Waals surface area contributed by atoms with Crippen LogP contribution in [0.25, 0.3) is 0 Å². The first-order valence-electron chi connectivity index (χ1n) is 6.72. The van der Waals surface area contributed by atoms with Crippen molar-refractivity contribution in [3.8, 4) is 5.88 Å². The third-order valence-corrected chi connectivity index (χ3v) is 3.10. The lowest BCUT2D eigenvalue weighted by Crippen LogP contribution is -2.16. The number of nitrogens with one attached hydrogen (secondary N) is 1. The van der Waals surface area contributed by atoms with Crippen LogP contribution in [0.5, 0.6) is 5.88 Å². The maximum absolute atomic E-state index is 12.1. The van der Waals surface area contributed by atoms with E-state index in [1.807, 2.05) is 0 Å². The lowest BCUT2D eigenvalue weighted by Gasteiger charge is -2.13. The summed E-state index contributed by atoms with van der Waals surface area (Å²) in [6.45, 7) is 3.44. The molecule has 0 radical (unpaired) electrons. The average molecular weight is 289 g/mol. The smallest absolute Gasteiger partial charge is 0.389 e. The fraction of sp³-hybridized carbons (Fsp3) is 0.692. The highest BCUT2D eigenvalue weighted by molar-refractivity contribution is 5.32. The van der Waals surface area contributed by atoms with Gasteiger partial charge in [0, 0.05) is 24.9 Å². The summed E-state index contributed by atoms with van der Waals surface area (Å²) in [7, 11) is 0. The highest BCUT2D eigenvalue weighted by Crippen LogP contribution is 2.24. The van der Waals surface area contributed by atoms with Gasteiger partial charge in [0.1, 0.15) is 5.82 Å². The van der Waals surface area contributed by atoms with Crippen molar-refractivity contribution in [2.24, 2.45) is 0 Å². The first-order chi connectivity index (χ1) is 9.46. The van der Waals surface area contributed by atoms with E-state index in [1.165, 1.54) is 0 Å². The Labute approximate surface area is 115 Å². The average Bonchev–Trinajstić information content (AvgIpc) is 2.58. The predicted molar refractivity (Wildman–Crippen MR) is 67.8 cm³/mol. The molecule has 2 rings (SSSR count). The van der Waals surface area contributed by atoms with Gasteiger partial charge in [0.05, 0.1) is 12.3 Å². The fourth-order valence-corrected chi connectivity index (χ4v) is 2.19. The molecule has 20 heavy (non-hydrogen) atoms. The zero-order chi connectivity index (χ0) is 14.6. The minimum Gasteiger partial charge on any atom is -0.477 e. The van der Waals surface area contributed by atoms with E-state index in [4.69, 9.17) is 4.74 Å². The minimum absolute atomic E-state index is 0.0236. The van der Waals surface area contributed by atoms with E-state index < -0.39 is 12.6 Å². The number of alkyl halides is 3. The van der Waals surface area contributed by atoms with Crippen LogP contribution in [0, 0.1) is 6.92 Å². The summed E-state index contributed by atoms with van der Waals surface area (Å²) < 4.78 is 41.7. The molecule has 0 atom stereocenters. The van der Waals surface area contributed by atoms with E-state index in [9.17, 15) is 13.2 Å². The number of hydrogen-bond donors (Lipinski definition) is 1. The highest BCUT2D eigenvalue weighted by atomic mass is 19.4. The Morgan fingerprint density at radius 2 is 1.95 bits per heavy atom. The van der Waals surface area contributed by atoms with E-state index in [2.05, 4.69) is 15.3 Å². The maximum Gasteiger partial charge on any atom is 0.389 e. The number of aromatic nitrogens is 2. The Balaban J connectivity index is 2.02. The van der Waals surface area contributed by atoms with Crippen molar-refractivity contribution in [1.82, 2.24) is 15.3 Å². The minimum atomic E-state index is -4.13. The third kappa shape index (κ3) is 4.33. The molecule has 0 aliphatic carbocycles. The molecule has 112 valence electrons. The van der Waals surface area contributed by atoms with Crippen molar-refractivity contribution in [3.63, 3.8) is 0 Å². The van der Waals surface area contributed by atoms with Gasteiger partial charge in [-0.3, -0.25) is 0 Å². The Hall–Kier alpha value is -1.37. The summed E-state index contributed by atoms with van der Waals surface area (Å²) in [4.78, 5) is 8.61. The molecule has 7 heteroatoms. The summed E-state index contributed by atoms with van der Waals surface area (Å²) in [5, 5.41) is 3.26. The number of rotatable bonds is 4. The van der Waals surface area contributed by atoms with Crippen LogP contribution < -0.4 is 10.1 Å². The molecule has 1 N–H and O–H groups in total. The van der Waals surface area contributed by atoms with Crippen LogP contribution in [0.4, 0.5) is 13.2 Å². The second kappa shape index (κ2) is 6.39. The van der Waals surface area contributed by atoms with E-state index in [0.29, 0.717) is 11.7 Å². The van der Waals surface area contributed by atoms with Gasteiger partial charge in [0.25, 0.3) is 0 Å². The van der Waals surface area contributed by atoms with Crippen molar-refractivity contribution < 1.29 is 17.9 Å². The summed E-state index contributed by atoms with van der Waals surface area (Å²) in [5.74, 6) is 1.04. The second-order valence-electron chi connectivity index (χ2n) is 4.82. The Morgan fingerprint density at radius 1 is 1.20 bits per heavy atom. The van der Waals surface area contributed by atoms with Crippen LogP contribution in [0.15, 0.2) is 0 Å². The summed E-state index contributed by atoms with van der Waals surface area (Å²) >= 11 is 0. The van der Waals surface area contributed by atoms with Gasteiger partial charge < -0.3 is 10.1 Å². The molecule has 1 aromatic rings. The second-order valence-corrected chi connectivity index (χ2v) is 4.82. The third-order valence-electron chi connectivity index (χ3n) is 3.10. The number of nitrogens with zero attached hydrogens (tertiary/aromatic N) is 2.